The van der Waals surface area contributed by atoms with Crippen molar-refractivity contribution < 1.29 is 19.1 Å². The summed E-state index contributed by atoms with van der Waals surface area (Å²) in [5.74, 6) is 2.82. The van der Waals surface area contributed by atoms with E-state index in [-0.39, 0.29) is 29.7 Å². The van der Waals surface area contributed by atoms with E-state index in [9.17, 15) is 9.59 Å². The van der Waals surface area contributed by atoms with Crippen LogP contribution in [0.15, 0.2) is 79.4 Å². The highest BCUT2D eigenvalue weighted by atomic mass is 16.5. The number of ether oxygens (including phenoxy) is 2. The molecule has 0 radical (unpaired) electrons. The quantitative estimate of drug-likeness (QED) is 0.375. The van der Waals surface area contributed by atoms with Crippen molar-refractivity contribution in [2.75, 3.05) is 18.0 Å². The van der Waals surface area contributed by atoms with Crippen molar-refractivity contribution in [3.8, 4) is 23.1 Å². The maximum Gasteiger partial charge on any atom is 0.246 e. The highest BCUT2D eigenvalue weighted by Gasteiger charge is 2.46. The number of benzene rings is 2. The van der Waals surface area contributed by atoms with Crippen molar-refractivity contribution >= 4 is 17.5 Å². The van der Waals surface area contributed by atoms with Crippen LogP contribution >= 0.6 is 0 Å². The van der Waals surface area contributed by atoms with Gasteiger partial charge in [-0.05, 0) is 68.0 Å². The summed E-state index contributed by atoms with van der Waals surface area (Å²) in [6.45, 7) is 6.47. The van der Waals surface area contributed by atoms with Gasteiger partial charge in [-0.15, -0.1) is 0 Å². The Labute approximate surface area is 198 Å². The number of nitrogens with zero attached hydrogens (tertiary/aromatic N) is 3. The van der Waals surface area contributed by atoms with Gasteiger partial charge < -0.3 is 19.3 Å². The highest BCUT2D eigenvalue weighted by Crippen LogP contribution is 2.36. The minimum Gasteiger partial charge on any atom is -0.457 e. The third kappa shape index (κ3) is 4.24. The van der Waals surface area contributed by atoms with Crippen LogP contribution in [0, 0.1) is 0 Å². The number of rotatable bonds is 7. The van der Waals surface area contributed by atoms with Gasteiger partial charge >= 0.3 is 0 Å². The van der Waals surface area contributed by atoms with Crippen LogP contribution in [0.1, 0.15) is 23.7 Å². The molecule has 172 valence electrons. The number of Topliss-reactive ketones (excluding diaryl/α,β-unsaturated/α-hetero) is 1. The first-order chi connectivity index (χ1) is 16.5. The first-order valence-corrected chi connectivity index (χ1v) is 11.2. The zero-order valence-electron chi connectivity index (χ0n) is 18.9. The molecular weight excluding hydrogens is 430 g/mol. The summed E-state index contributed by atoms with van der Waals surface area (Å²) in [4.78, 5) is 33.0. The first kappa shape index (κ1) is 21.7. The third-order valence-electron chi connectivity index (χ3n) is 6.19. The lowest BCUT2D eigenvalue weighted by atomic mass is 9.87. The van der Waals surface area contributed by atoms with Crippen LogP contribution in [0.2, 0.25) is 0 Å². The van der Waals surface area contributed by atoms with E-state index in [0.29, 0.717) is 30.2 Å². The van der Waals surface area contributed by atoms with Crippen LogP contribution in [0.4, 0.5) is 5.82 Å². The number of para-hydroxylation sites is 1. The summed E-state index contributed by atoms with van der Waals surface area (Å²) in [7, 11) is 0. The van der Waals surface area contributed by atoms with Gasteiger partial charge in [-0.3, -0.25) is 9.59 Å². The van der Waals surface area contributed by atoms with E-state index in [4.69, 9.17) is 9.47 Å². The molecule has 3 saturated heterocycles. The molecule has 6 rings (SSSR count). The van der Waals surface area contributed by atoms with Gasteiger partial charge in [-0.2, -0.15) is 4.98 Å². The summed E-state index contributed by atoms with van der Waals surface area (Å²) in [5.41, 5.74) is 0.416. The molecule has 0 saturated carbocycles. The molecule has 1 amide bonds. The second kappa shape index (κ2) is 9.02. The van der Waals surface area contributed by atoms with Crippen molar-refractivity contribution in [3.63, 3.8) is 0 Å². The van der Waals surface area contributed by atoms with E-state index >= 15 is 0 Å². The molecule has 7 heteroatoms. The van der Waals surface area contributed by atoms with Gasteiger partial charge in [-0.25, -0.2) is 0 Å². The van der Waals surface area contributed by atoms with Crippen LogP contribution < -0.4 is 14.4 Å². The van der Waals surface area contributed by atoms with Gasteiger partial charge in [0.1, 0.15) is 23.1 Å². The first-order valence-electron chi connectivity index (χ1n) is 11.2. The molecule has 0 spiro atoms. The van der Waals surface area contributed by atoms with Gasteiger partial charge in [0, 0.05) is 13.1 Å². The molecule has 3 aromatic rings. The van der Waals surface area contributed by atoms with E-state index in [2.05, 4.69) is 16.5 Å². The molecule has 2 unspecified atom stereocenters. The number of fused-ring (bicyclic) bond motifs is 2. The number of carbonyl (C=O) groups is 2. The summed E-state index contributed by atoms with van der Waals surface area (Å²) < 4.78 is 11.9. The second-order valence-electron chi connectivity index (χ2n) is 8.46. The summed E-state index contributed by atoms with van der Waals surface area (Å²) >= 11 is 0. The SMILES string of the molecule is C=CC(=O)N1C2CC1CN(c1ccc(C(C)=O)c(Oc3ccc(Oc4ccccc4)cc3)n1)C2. The van der Waals surface area contributed by atoms with Crippen molar-refractivity contribution in [1.29, 1.82) is 0 Å². The number of carbonyl (C=O) groups excluding carboxylic acids is 2. The maximum absolute atomic E-state index is 12.2. The van der Waals surface area contributed by atoms with Gasteiger partial charge in [0.15, 0.2) is 5.78 Å². The van der Waals surface area contributed by atoms with E-state index in [1.54, 1.807) is 18.2 Å². The minimum absolute atomic E-state index is 0.0236. The molecule has 1 aromatic heterocycles. The highest BCUT2D eigenvalue weighted by molar-refractivity contribution is 5.96. The van der Waals surface area contributed by atoms with Gasteiger partial charge in [0.25, 0.3) is 0 Å². The Balaban J connectivity index is 1.32. The summed E-state index contributed by atoms with van der Waals surface area (Å²) in [6, 6.07) is 20.6. The van der Waals surface area contributed by atoms with Crippen LogP contribution in [0.3, 0.4) is 0 Å². The van der Waals surface area contributed by atoms with Crippen LogP contribution in [0.25, 0.3) is 0 Å². The number of amides is 1. The molecule has 3 aliphatic rings. The Morgan fingerprint density at radius 3 is 2.15 bits per heavy atom. The van der Waals surface area contributed by atoms with Gasteiger partial charge in [-0.1, -0.05) is 24.8 Å². The molecule has 3 fully saturated rings. The average molecular weight is 456 g/mol. The Kier molecular flexibility index (Phi) is 5.76. The average Bonchev–Trinajstić information content (AvgIpc) is 2.85. The second-order valence-corrected chi connectivity index (χ2v) is 8.46. The van der Waals surface area contributed by atoms with Gasteiger partial charge in [0.2, 0.25) is 11.8 Å². The Morgan fingerprint density at radius 2 is 1.53 bits per heavy atom. The molecule has 34 heavy (non-hydrogen) atoms. The van der Waals surface area contributed by atoms with E-state index < -0.39 is 0 Å². The molecular formula is C27H25N3O4. The lowest BCUT2D eigenvalue weighted by molar-refractivity contribution is -0.140. The minimum atomic E-state index is -0.123. The van der Waals surface area contributed by atoms with Crippen molar-refractivity contribution in [1.82, 2.24) is 9.88 Å². The molecule has 4 heterocycles. The largest absolute Gasteiger partial charge is 0.457 e. The fourth-order valence-electron chi connectivity index (χ4n) is 4.53. The topological polar surface area (TPSA) is 72.0 Å². The maximum atomic E-state index is 12.2. The number of pyridine rings is 1. The van der Waals surface area contributed by atoms with Crippen molar-refractivity contribution in [2.24, 2.45) is 0 Å². The molecule has 2 aromatic carbocycles. The van der Waals surface area contributed by atoms with Crippen LogP contribution in [0.5, 0.6) is 23.1 Å². The lowest BCUT2D eigenvalue weighted by Gasteiger charge is -2.56. The normalized spacial score (nSPS) is 18.6. The van der Waals surface area contributed by atoms with E-state index in [1.165, 1.54) is 13.0 Å². The fourth-order valence-corrected chi connectivity index (χ4v) is 4.53. The zero-order chi connectivity index (χ0) is 23.7. The van der Waals surface area contributed by atoms with E-state index in [1.807, 2.05) is 53.4 Å². The Bertz CT molecular complexity index is 1210. The molecule has 2 atom stereocenters. The van der Waals surface area contributed by atoms with E-state index in [0.717, 1.165) is 18.0 Å². The van der Waals surface area contributed by atoms with Crippen LogP contribution in [-0.4, -0.2) is 46.7 Å². The monoisotopic (exact) mass is 455 g/mol. The number of aromatic nitrogens is 1. The molecule has 7 nitrogen and oxygen atoms in total. The number of anilines is 1. The number of hydrogen-bond acceptors (Lipinski definition) is 6. The van der Waals surface area contributed by atoms with Crippen LogP contribution in [-0.2, 0) is 4.79 Å². The number of ketones is 1. The molecule has 0 N–H and O–H groups in total. The predicted octanol–water partition coefficient (Wildman–Crippen LogP) is 4.84. The summed E-state index contributed by atoms with van der Waals surface area (Å²) in [6.07, 6.45) is 2.36. The fraction of sp³-hybridized carbons (Fsp3) is 0.222. The smallest absolute Gasteiger partial charge is 0.246 e. The Hall–Kier alpha value is -4.13. The number of piperidine rings is 1. The van der Waals surface area contributed by atoms with Crippen molar-refractivity contribution in [3.05, 3.63) is 84.9 Å². The standard InChI is InChI=1S/C27H25N3O4/c1-3-26(32)30-19-15-20(30)17-29(16-19)25-14-13-24(18(2)31)27(28-25)34-23-11-9-22(10-12-23)33-21-7-5-4-6-8-21/h3-14,19-20H,1,15-17H2,2H3. The van der Waals surface area contributed by atoms with Gasteiger partial charge in [0.05, 0.1) is 17.6 Å². The molecule has 2 bridgehead atoms. The predicted molar refractivity (Wildman–Crippen MR) is 129 cm³/mol. The molecule has 0 aliphatic carbocycles. The molecule has 3 aliphatic heterocycles. The Morgan fingerprint density at radius 1 is 0.912 bits per heavy atom. The zero-order valence-corrected chi connectivity index (χ0v) is 18.9. The number of piperazine rings is 1. The summed E-state index contributed by atoms with van der Waals surface area (Å²) in [5, 5.41) is 0. The van der Waals surface area contributed by atoms with Crippen molar-refractivity contribution in [2.45, 2.75) is 25.4 Å². The number of hydrogen-bond donors (Lipinski definition) is 0. The third-order valence-corrected chi connectivity index (χ3v) is 6.19. The lowest BCUT2D eigenvalue weighted by Crippen LogP contribution is -2.70.